The Kier molecular flexibility index (Phi) is 12.0. The number of carbonyl (C=O) groups is 6. The number of benzene rings is 8. The molecule has 3 aliphatic heterocycles. The van der Waals surface area contributed by atoms with Crippen molar-refractivity contribution < 1.29 is 47.7 Å². The van der Waals surface area contributed by atoms with E-state index >= 15 is 0 Å². The zero-order valence-electron chi connectivity index (χ0n) is 41.9. The van der Waals surface area contributed by atoms with E-state index < -0.39 is 40.9 Å². The molecule has 0 unspecified atom stereocenters. The van der Waals surface area contributed by atoms with Crippen molar-refractivity contribution in [3.63, 3.8) is 0 Å². The van der Waals surface area contributed by atoms with Gasteiger partial charge in [-0.05, 0) is 151 Å². The number of carbonyl (C=O) groups excluding carboxylic acids is 6. The fourth-order valence-corrected chi connectivity index (χ4v) is 9.47. The van der Waals surface area contributed by atoms with E-state index in [-0.39, 0.29) is 27.7 Å². The van der Waals surface area contributed by atoms with Gasteiger partial charge in [-0.3, -0.25) is 28.8 Å². The van der Waals surface area contributed by atoms with Crippen molar-refractivity contribution in [2.75, 3.05) is 4.90 Å². The molecule has 0 atom stereocenters. The largest absolute Gasteiger partial charge is 0.457 e. The molecule has 0 bridgehead atoms. The summed E-state index contributed by atoms with van der Waals surface area (Å²) >= 11 is 0. The van der Waals surface area contributed by atoms with Crippen LogP contribution in [-0.2, 0) is 20.4 Å². The van der Waals surface area contributed by atoms with Crippen LogP contribution in [0.2, 0.25) is 0 Å². The van der Waals surface area contributed by atoms with E-state index in [0.29, 0.717) is 50.2 Å². The molecule has 0 radical (unpaired) electrons. The molecule has 8 aromatic carbocycles. The molecule has 0 saturated carbocycles. The maximum atomic E-state index is 13.8. The lowest BCUT2D eigenvalue weighted by Crippen LogP contribution is -2.49. The SMILES string of the molecule is Cc1ccc(Oc2ccc(C(C)(C)c3ccc(Oc4ccc(N5C(=O)c6ccc(Oc7ccc(C(C)(C)c8ccc(Oc9ccc%10c(c9)C(=O)N(N9C(=O)C=CC9=O)C%10=O)cc8)cc7)cc6C5=O)cc4)cc3)cc2)cc1. The van der Waals surface area contributed by atoms with Crippen molar-refractivity contribution in [1.82, 2.24) is 10.0 Å². The van der Waals surface area contributed by atoms with Crippen LogP contribution in [0.4, 0.5) is 5.69 Å². The topological polar surface area (TPSA) is 149 Å². The lowest BCUT2D eigenvalue weighted by molar-refractivity contribution is -0.148. The second-order valence-electron chi connectivity index (χ2n) is 19.7. The molecular formula is C63H47N3O10. The molecular weight excluding hydrogens is 959 g/mol. The third kappa shape index (κ3) is 8.93. The number of ether oxygens (including phenoxy) is 4. The number of imide groups is 3. The Bertz CT molecular complexity index is 3680. The molecule has 76 heavy (non-hydrogen) atoms. The zero-order valence-corrected chi connectivity index (χ0v) is 41.9. The van der Waals surface area contributed by atoms with Gasteiger partial charge in [-0.2, -0.15) is 10.0 Å². The van der Waals surface area contributed by atoms with Crippen LogP contribution in [0.1, 0.15) is 96.9 Å². The maximum absolute atomic E-state index is 13.8. The number of hydrogen-bond donors (Lipinski definition) is 0. The summed E-state index contributed by atoms with van der Waals surface area (Å²) in [5.74, 6) is 0.427. The first-order chi connectivity index (χ1) is 36.5. The van der Waals surface area contributed by atoms with E-state index in [1.165, 1.54) is 17.7 Å². The third-order valence-electron chi connectivity index (χ3n) is 14.0. The van der Waals surface area contributed by atoms with Gasteiger partial charge in [0.05, 0.1) is 27.9 Å². The summed E-state index contributed by atoms with van der Waals surface area (Å²) < 4.78 is 24.5. The van der Waals surface area contributed by atoms with Crippen LogP contribution in [0.25, 0.3) is 0 Å². The van der Waals surface area contributed by atoms with E-state index in [2.05, 4.69) is 39.8 Å². The smallest absolute Gasteiger partial charge is 0.281 e. The molecule has 0 fully saturated rings. The van der Waals surface area contributed by atoms with Crippen LogP contribution in [0.3, 0.4) is 0 Å². The van der Waals surface area contributed by atoms with E-state index in [1.807, 2.05) is 104 Å². The first-order valence-electron chi connectivity index (χ1n) is 24.4. The highest BCUT2D eigenvalue weighted by Crippen LogP contribution is 2.39. The van der Waals surface area contributed by atoms with Crippen molar-refractivity contribution in [3.8, 4) is 46.0 Å². The summed E-state index contributed by atoms with van der Waals surface area (Å²) in [6.45, 7) is 10.6. The van der Waals surface area contributed by atoms with E-state index in [9.17, 15) is 28.8 Å². The van der Waals surface area contributed by atoms with Crippen LogP contribution in [-0.4, -0.2) is 45.5 Å². The van der Waals surface area contributed by atoms with Gasteiger partial charge in [-0.1, -0.05) is 93.9 Å². The molecule has 374 valence electrons. The van der Waals surface area contributed by atoms with E-state index in [1.54, 1.807) is 60.7 Å². The number of amides is 6. The number of fused-ring (bicyclic) bond motifs is 2. The summed E-state index contributed by atoms with van der Waals surface area (Å²) in [6, 6.07) is 55.2. The van der Waals surface area contributed by atoms with Gasteiger partial charge in [0.2, 0.25) is 0 Å². The lowest BCUT2D eigenvalue weighted by atomic mass is 9.78. The molecule has 0 spiro atoms. The average molecular weight is 1010 g/mol. The summed E-state index contributed by atoms with van der Waals surface area (Å²) in [7, 11) is 0. The van der Waals surface area contributed by atoms with Gasteiger partial charge >= 0.3 is 0 Å². The second-order valence-corrected chi connectivity index (χ2v) is 19.7. The van der Waals surface area contributed by atoms with E-state index in [0.717, 1.165) is 50.8 Å². The minimum Gasteiger partial charge on any atom is -0.457 e. The highest BCUT2D eigenvalue weighted by atomic mass is 16.5. The Morgan fingerprint density at radius 3 is 1.00 bits per heavy atom. The molecule has 8 aromatic rings. The molecule has 11 rings (SSSR count). The molecule has 0 aliphatic carbocycles. The number of hydrogen-bond acceptors (Lipinski definition) is 10. The number of rotatable bonds is 14. The number of anilines is 1. The van der Waals surface area contributed by atoms with Gasteiger partial charge in [-0.25, -0.2) is 4.90 Å². The molecule has 3 heterocycles. The Morgan fingerprint density at radius 1 is 0.316 bits per heavy atom. The van der Waals surface area contributed by atoms with Crippen molar-refractivity contribution in [3.05, 3.63) is 244 Å². The monoisotopic (exact) mass is 1010 g/mol. The van der Waals surface area contributed by atoms with Crippen LogP contribution < -0.4 is 23.8 Å². The van der Waals surface area contributed by atoms with Crippen LogP contribution in [0.15, 0.2) is 194 Å². The van der Waals surface area contributed by atoms with Crippen LogP contribution in [0.5, 0.6) is 46.0 Å². The predicted molar refractivity (Wildman–Crippen MR) is 283 cm³/mol. The van der Waals surface area contributed by atoms with Gasteiger partial charge in [0.15, 0.2) is 0 Å². The van der Waals surface area contributed by atoms with Crippen molar-refractivity contribution in [2.24, 2.45) is 0 Å². The van der Waals surface area contributed by atoms with Gasteiger partial charge in [0, 0.05) is 23.0 Å². The molecule has 0 saturated heterocycles. The highest BCUT2D eigenvalue weighted by molar-refractivity contribution is 6.34. The maximum Gasteiger partial charge on any atom is 0.281 e. The Morgan fingerprint density at radius 2 is 0.605 bits per heavy atom. The molecule has 0 N–H and O–H groups in total. The molecule has 6 amide bonds. The third-order valence-corrected chi connectivity index (χ3v) is 14.0. The van der Waals surface area contributed by atoms with Crippen LogP contribution in [0, 0.1) is 6.92 Å². The van der Waals surface area contributed by atoms with Crippen LogP contribution >= 0.6 is 0 Å². The minimum atomic E-state index is -0.801. The summed E-state index contributed by atoms with van der Waals surface area (Å²) in [4.78, 5) is 79.1. The standard InChI is InChI=1S/C63H47N3O10/c1-38-6-18-44(19-7-38)73-45-20-8-39(9-21-45)62(2,3)40-10-22-46(23-11-40)74-49-28-16-43(17-29-49)64-58(69)52-32-30-50(36-54(52)59(64)70)75-47-24-12-41(13-25-47)63(4,5)42-14-26-48(27-15-42)76-51-31-33-53-55(37-51)61(72)66(60(53)71)65-56(67)34-35-57(65)68/h6-37H,1-5H3. The fraction of sp³-hybridized carbons (Fsp3) is 0.111. The molecule has 13 nitrogen and oxygen atoms in total. The fourth-order valence-electron chi connectivity index (χ4n) is 9.47. The van der Waals surface area contributed by atoms with Gasteiger partial charge in [0.25, 0.3) is 35.4 Å². The zero-order chi connectivity index (χ0) is 53.0. The first kappa shape index (κ1) is 48.4. The summed E-state index contributed by atoms with van der Waals surface area (Å²) in [5.41, 5.74) is 5.65. The van der Waals surface area contributed by atoms with Gasteiger partial charge in [-0.15, -0.1) is 0 Å². The number of hydrazine groups is 1. The highest BCUT2D eigenvalue weighted by Gasteiger charge is 2.45. The molecule has 0 aromatic heterocycles. The van der Waals surface area contributed by atoms with Gasteiger partial charge < -0.3 is 18.9 Å². The van der Waals surface area contributed by atoms with Gasteiger partial charge in [0.1, 0.15) is 46.0 Å². The van der Waals surface area contributed by atoms with Crippen molar-refractivity contribution in [2.45, 2.75) is 45.4 Å². The van der Waals surface area contributed by atoms with Crippen molar-refractivity contribution in [1.29, 1.82) is 0 Å². The Labute approximate surface area is 437 Å². The lowest BCUT2D eigenvalue weighted by Gasteiger charge is -2.26. The average Bonchev–Trinajstić information content (AvgIpc) is 4.02. The summed E-state index contributed by atoms with van der Waals surface area (Å²) in [6.07, 6.45) is 2.00. The molecule has 3 aliphatic rings. The Balaban J connectivity index is 0.692. The quantitative estimate of drug-likeness (QED) is 0.0964. The first-order valence-corrected chi connectivity index (χ1v) is 24.4. The second kappa shape index (κ2) is 18.9. The summed E-state index contributed by atoms with van der Waals surface area (Å²) in [5, 5.41) is 1.07. The normalized spacial score (nSPS) is 14.1. The van der Waals surface area contributed by atoms with Crippen molar-refractivity contribution >= 4 is 41.1 Å². The minimum absolute atomic E-state index is 0.0140. The number of nitrogens with zero attached hydrogens (tertiary/aromatic N) is 3. The molecule has 13 heteroatoms. The Hall–Kier alpha value is -9.88. The van der Waals surface area contributed by atoms with E-state index in [4.69, 9.17) is 18.9 Å². The predicted octanol–water partition coefficient (Wildman–Crippen LogP) is 13.1. The number of aryl methyl sites for hydroxylation is 1.